The van der Waals surface area contributed by atoms with Crippen LogP contribution in [0.4, 0.5) is 11.6 Å². The molecule has 0 bridgehead atoms. The van der Waals surface area contributed by atoms with Crippen molar-refractivity contribution in [3.63, 3.8) is 0 Å². The lowest BCUT2D eigenvalue weighted by molar-refractivity contribution is 0.116. The van der Waals surface area contributed by atoms with Crippen LogP contribution in [0.15, 0.2) is 40.5 Å². The predicted octanol–water partition coefficient (Wildman–Crippen LogP) is 2.75. The number of nitrogens with zero attached hydrogens (tertiary/aromatic N) is 5. The van der Waals surface area contributed by atoms with E-state index in [2.05, 4.69) is 19.9 Å². The minimum atomic E-state index is -0.263. The number of ether oxygens (including phenoxy) is 1. The second-order valence-electron chi connectivity index (χ2n) is 7.11. The van der Waals surface area contributed by atoms with Crippen LogP contribution in [0.5, 0.6) is 0 Å². The summed E-state index contributed by atoms with van der Waals surface area (Å²) in [5.41, 5.74) is 13.2. The standard InChI is InChI=1S/C19H22ClN7OS/c1-28-11-19(22)5-8-27(9-6-19)14-10-24-18-12(25-14)2-3-15(26-18)29-13-4-7-23-17(21)16(13)20/h2-4,7,10H,5-6,8-9,11,22H2,1H3,(H2,21,23). The van der Waals surface area contributed by atoms with E-state index < -0.39 is 0 Å². The van der Waals surface area contributed by atoms with Crippen molar-refractivity contribution in [1.82, 2.24) is 19.9 Å². The molecule has 1 aliphatic rings. The van der Waals surface area contributed by atoms with Crippen molar-refractivity contribution in [1.29, 1.82) is 0 Å². The van der Waals surface area contributed by atoms with Crippen molar-refractivity contribution in [2.75, 3.05) is 37.4 Å². The Balaban J connectivity index is 1.51. The Morgan fingerprint density at radius 1 is 1.21 bits per heavy atom. The van der Waals surface area contributed by atoms with Crippen LogP contribution in [0, 0.1) is 0 Å². The first-order valence-electron chi connectivity index (χ1n) is 9.22. The number of nitrogens with two attached hydrogens (primary N) is 2. The summed E-state index contributed by atoms with van der Waals surface area (Å²) < 4.78 is 5.25. The molecule has 4 heterocycles. The highest BCUT2D eigenvalue weighted by molar-refractivity contribution is 7.99. The van der Waals surface area contributed by atoms with E-state index in [0.717, 1.165) is 47.2 Å². The minimum absolute atomic E-state index is 0.263. The lowest BCUT2D eigenvalue weighted by atomic mass is 9.89. The molecule has 152 valence electrons. The number of pyridine rings is 2. The molecule has 10 heteroatoms. The molecule has 0 aliphatic carbocycles. The molecule has 3 aromatic rings. The smallest absolute Gasteiger partial charge is 0.179 e. The van der Waals surface area contributed by atoms with Gasteiger partial charge >= 0.3 is 0 Å². The highest BCUT2D eigenvalue weighted by Crippen LogP contribution is 2.35. The van der Waals surface area contributed by atoms with E-state index in [1.54, 1.807) is 25.6 Å². The quantitative estimate of drug-likeness (QED) is 0.628. The molecule has 0 aromatic carbocycles. The van der Waals surface area contributed by atoms with Gasteiger partial charge in [0.05, 0.1) is 17.8 Å². The van der Waals surface area contributed by atoms with E-state index >= 15 is 0 Å². The van der Waals surface area contributed by atoms with Crippen LogP contribution in [0.2, 0.25) is 5.02 Å². The average Bonchev–Trinajstić information content (AvgIpc) is 2.72. The van der Waals surface area contributed by atoms with Gasteiger partial charge in [-0.2, -0.15) is 0 Å². The number of piperidine rings is 1. The lowest BCUT2D eigenvalue weighted by Gasteiger charge is -2.39. The van der Waals surface area contributed by atoms with Gasteiger partial charge in [-0.3, -0.25) is 0 Å². The zero-order valence-corrected chi connectivity index (χ0v) is 17.6. The molecule has 3 aromatic heterocycles. The Hall–Kier alpha value is -2.20. The number of aromatic nitrogens is 4. The van der Waals surface area contributed by atoms with Crippen LogP contribution in [0.25, 0.3) is 11.2 Å². The Bertz CT molecular complexity index is 1030. The molecule has 8 nitrogen and oxygen atoms in total. The summed E-state index contributed by atoms with van der Waals surface area (Å²) in [7, 11) is 1.69. The average molecular weight is 432 g/mol. The van der Waals surface area contributed by atoms with Crippen molar-refractivity contribution in [2.45, 2.75) is 28.3 Å². The number of anilines is 2. The summed E-state index contributed by atoms with van der Waals surface area (Å²) in [6.45, 7) is 2.22. The Kier molecular flexibility index (Phi) is 5.73. The van der Waals surface area contributed by atoms with Crippen LogP contribution < -0.4 is 16.4 Å². The third-order valence-corrected chi connectivity index (χ3v) is 6.48. The van der Waals surface area contributed by atoms with Crippen LogP contribution in [0.1, 0.15) is 12.8 Å². The third-order valence-electron chi connectivity index (χ3n) is 4.98. The van der Waals surface area contributed by atoms with Gasteiger partial charge in [-0.1, -0.05) is 23.4 Å². The van der Waals surface area contributed by atoms with E-state index in [4.69, 9.17) is 32.8 Å². The van der Waals surface area contributed by atoms with E-state index in [0.29, 0.717) is 23.1 Å². The lowest BCUT2D eigenvalue weighted by Crippen LogP contribution is -2.53. The molecule has 4 rings (SSSR count). The molecule has 0 amide bonds. The molecule has 29 heavy (non-hydrogen) atoms. The van der Waals surface area contributed by atoms with Gasteiger partial charge in [0, 0.05) is 36.8 Å². The molecule has 1 fully saturated rings. The second kappa shape index (κ2) is 8.27. The fourth-order valence-corrected chi connectivity index (χ4v) is 4.38. The molecule has 0 spiro atoms. The van der Waals surface area contributed by atoms with Crippen LogP contribution in [-0.4, -0.2) is 52.3 Å². The summed E-state index contributed by atoms with van der Waals surface area (Å²) in [6, 6.07) is 5.63. The molecule has 0 unspecified atom stereocenters. The van der Waals surface area contributed by atoms with E-state index in [1.807, 2.05) is 12.1 Å². The maximum Gasteiger partial charge on any atom is 0.179 e. The minimum Gasteiger partial charge on any atom is -0.383 e. The molecule has 1 saturated heterocycles. The van der Waals surface area contributed by atoms with Crippen molar-refractivity contribution < 1.29 is 4.74 Å². The topological polar surface area (TPSA) is 116 Å². The number of fused-ring (bicyclic) bond motifs is 1. The molecular weight excluding hydrogens is 410 g/mol. The zero-order valence-electron chi connectivity index (χ0n) is 16.0. The van der Waals surface area contributed by atoms with Crippen LogP contribution in [0.3, 0.4) is 0 Å². The van der Waals surface area contributed by atoms with Gasteiger partial charge in [0.1, 0.15) is 22.2 Å². The van der Waals surface area contributed by atoms with Gasteiger partial charge < -0.3 is 21.1 Å². The van der Waals surface area contributed by atoms with Crippen LogP contribution >= 0.6 is 23.4 Å². The maximum absolute atomic E-state index is 6.38. The van der Waals surface area contributed by atoms with E-state index in [-0.39, 0.29) is 5.54 Å². The fourth-order valence-electron chi connectivity index (χ4n) is 3.33. The first kappa shape index (κ1) is 20.1. The Morgan fingerprint density at radius 3 is 2.76 bits per heavy atom. The fraction of sp³-hybridized carbons (Fsp3) is 0.368. The summed E-state index contributed by atoms with van der Waals surface area (Å²) >= 11 is 7.63. The largest absolute Gasteiger partial charge is 0.383 e. The number of halogens is 1. The summed E-state index contributed by atoms with van der Waals surface area (Å²) in [4.78, 5) is 20.8. The number of hydrogen-bond donors (Lipinski definition) is 2. The molecular formula is C19H22ClN7OS. The number of nitrogen functional groups attached to an aromatic ring is 1. The van der Waals surface area contributed by atoms with Crippen molar-refractivity contribution in [3.05, 3.63) is 35.6 Å². The summed E-state index contributed by atoms with van der Waals surface area (Å²) in [5.74, 6) is 1.14. The zero-order chi connectivity index (χ0) is 20.4. The van der Waals surface area contributed by atoms with Crippen molar-refractivity contribution >= 4 is 46.2 Å². The second-order valence-corrected chi connectivity index (χ2v) is 8.55. The van der Waals surface area contributed by atoms with Gasteiger partial charge in [-0.05, 0) is 31.0 Å². The predicted molar refractivity (Wildman–Crippen MR) is 115 cm³/mol. The molecule has 0 radical (unpaired) electrons. The summed E-state index contributed by atoms with van der Waals surface area (Å²) in [6.07, 6.45) is 5.09. The van der Waals surface area contributed by atoms with E-state index in [1.165, 1.54) is 11.8 Å². The van der Waals surface area contributed by atoms with Gasteiger partial charge in [0.25, 0.3) is 0 Å². The van der Waals surface area contributed by atoms with Gasteiger partial charge in [0.15, 0.2) is 5.65 Å². The third kappa shape index (κ3) is 4.37. The molecule has 0 atom stereocenters. The molecule has 1 aliphatic heterocycles. The number of methoxy groups -OCH3 is 1. The number of rotatable bonds is 5. The maximum atomic E-state index is 6.38. The van der Waals surface area contributed by atoms with Crippen LogP contribution in [-0.2, 0) is 4.74 Å². The summed E-state index contributed by atoms with van der Waals surface area (Å²) in [5, 5.41) is 1.19. The SMILES string of the molecule is COCC1(N)CCN(c2cnc3nc(Sc4ccnc(N)c4Cl)ccc3n2)CC1. The van der Waals surface area contributed by atoms with Crippen molar-refractivity contribution in [2.24, 2.45) is 5.73 Å². The molecule has 0 saturated carbocycles. The van der Waals surface area contributed by atoms with E-state index in [9.17, 15) is 0 Å². The highest BCUT2D eigenvalue weighted by atomic mass is 35.5. The highest BCUT2D eigenvalue weighted by Gasteiger charge is 2.31. The first-order chi connectivity index (χ1) is 14.0. The first-order valence-corrected chi connectivity index (χ1v) is 10.4. The Morgan fingerprint density at radius 2 is 2.00 bits per heavy atom. The normalized spacial score (nSPS) is 16.3. The monoisotopic (exact) mass is 431 g/mol. The Labute approximate surface area is 178 Å². The van der Waals surface area contributed by atoms with Crippen molar-refractivity contribution in [3.8, 4) is 0 Å². The van der Waals surface area contributed by atoms with Gasteiger partial charge in [-0.25, -0.2) is 19.9 Å². The van der Waals surface area contributed by atoms with Gasteiger partial charge in [-0.15, -0.1) is 0 Å². The molecule has 4 N–H and O–H groups in total. The number of hydrogen-bond acceptors (Lipinski definition) is 9. The van der Waals surface area contributed by atoms with Gasteiger partial charge in [0.2, 0.25) is 0 Å².